The van der Waals surface area contributed by atoms with Crippen LogP contribution in [0.3, 0.4) is 0 Å². The number of sulfone groups is 1. The number of nitrogens with zero attached hydrogens (tertiary/aromatic N) is 1. The van der Waals surface area contributed by atoms with Crippen LogP contribution in [0.1, 0.15) is 10.8 Å². The lowest BCUT2D eigenvalue weighted by molar-refractivity contribution is -0.125. The standard InChI is InChI=1S/C16H11Cl2NO4S/c17-12-7-6-11(8-13(12)18)19-14(20)9-24(22,23)15(16(19)21)10-4-2-1-3-5-10/h1-8,15H,9H2/t15-/m0/s1. The predicted octanol–water partition coefficient (Wildman–Crippen LogP) is 3.02. The third-order valence-corrected chi connectivity index (χ3v) is 6.22. The fourth-order valence-electron chi connectivity index (χ4n) is 2.59. The molecule has 1 atom stereocenters. The molecule has 0 bridgehead atoms. The molecule has 0 unspecified atom stereocenters. The van der Waals surface area contributed by atoms with Gasteiger partial charge in [-0.25, -0.2) is 13.3 Å². The molecule has 1 aliphatic heterocycles. The minimum atomic E-state index is -3.93. The zero-order valence-corrected chi connectivity index (χ0v) is 14.5. The van der Waals surface area contributed by atoms with Crippen molar-refractivity contribution >= 4 is 50.5 Å². The maximum absolute atomic E-state index is 12.8. The van der Waals surface area contributed by atoms with Gasteiger partial charge >= 0.3 is 0 Å². The summed E-state index contributed by atoms with van der Waals surface area (Å²) in [7, 11) is -3.93. The van der Waals surface area contributed by atoms with Gasteiger partial charge in [0.15, 0.2) is 15.1 Å². The number of imide groups is 1. The Bertz CT molecular complexity index is 928. The van der Waals surface area contributed by atoms with E-state index in [-0.39, 0.29) is 15.7 Å². The van der Waals surface area contributed by atoms with E-state index in [1.807, 2.05) is 0 Å². The molecule has 0 spiro atoms. The zero-order valence-electron chi connectivity index (χ0n) is 12.1. The van der Waals surface area contributed by atoms with Crippen molar-refractivity contribution < 1.29 is 18.0 Å². The highest BCUT2D eigenvalue weighted by molar-refractivity contribution is 7.93. The SMILES string of the molecule is O=C1CS(=O)(=O)[C@@H](c2ccccc2)C(=O)N1c1ccc(Cl)c(Cl)c1. The van der Waals surface area contributed by atoms with Crippen LogP contribution in [0.2, 0.25) is 10.0 Å². The number of anilines is 1. The van der Waals surface area contributed by atoms with Gasteiger partial charge in [-0.15, -0.1) is 0 Å². The highest BCUT2D eigenvalue weighted by atomic mass is 35.5. The highest BCUT2D eigenvalue weighted by Gasteiger charge is 2.46. The molecule has 124 valence electrons. The fourth-order valence-corrected chi connectivity index (χ4v) is 4.50. The van der Waals surface area contributed by atoms with Gasteiger partial charge in [0.1, 0.15) is 5.75 Å². The van der Waals surface area contributed by atoms with Gasteiger partial charge in [0.2, 0.25) is 5.91 Å². The summed E-state index contributed by atoms with van der Waals surface area (Å²) in [5.41, 5.74) is 0.510. The molecule has 0 saturated carbocycles. The average molecular weight is 384 g/mol. The summed E-state index contributed by atoms with van der Waals surface area (Å²) in [6.07, 6.45) is 0. The lowest BCUT2D eigenvalue weighted by Crippen LogP contribution is -2.51. The molecule has 2 aromatic rings. The first-order valence-corrected chi connectivity index (χ1v) is 9.37. The van der Waals surface area contributed by atoms with Crippen LogP contribution in [0.5, 0.6) is 0 Å². The van der Waals surface area contributed by atoms with E-state index in [2.05, 4.69) is 0 Å². The molecule has 0 radical (unpaired) electrons. The minimum Gasteiger partial charge on any atom is -0.273 e. The largest absolute Gasteiger partial charge is 0.273 e. The second kappa shape index (κ2) is 6.20. The molecular formula is C16H11Cl2NO4S. The van der Waals surface area contributed by atoms with Crippen LogP contribution in [0.4, 0.5) is 5.69 Å². The second-order valence-electron chi connectivity index (χ2n) is 5.26. The van der Waals surface area contributed by atoms with E-state index in [0.717, 1.165) is 4.90 Å². The van der Waals surface area contributed by atoms with Crippen LogP contribution in [0.15, 0.2) is 48.5 Å². The van der Waals surface area contributed by atoms with E-state index in [4.69, 9.17) is 23.2 Å². The Morgan fingerprint density at radius 3 is 2.25 bits per heavy atom. The maximum atomic E-state index is 12.8. The van der Waals surface area contributed by atoms with E-state index < -0.39 is 32.7 Å². The number of halogens is 2. The Hall–Kier alpha value is -1.89. The number of carbonyl (C=O) groups is 2. The van der Waals surface area contributed by atoms with Gasteiger partial charge in [-0.3, -0.25) is 9.59 Å². The van der Waals surface area contributed by atoms with Crippen LogP contribution in [-0.4, -0.2) is 26.0 Å². The molecule has 0 aliphatic carbocycles. The molecule has 1 aliphatic rings. The van der Waals surface area contributed by atoms with E-state index in [1.54, 1.807) is 30.3 Å². The Morgan fingerprint density at radius 2 is 1.62 bits per heavy atom. The molecule has 0 aromatic heterocycles. The summed E-state index contributed by atoms with van der Waals surface area (Å²) in [4.78, 5) is 25.9. The number of hydrogen-bond acceptors (Lipinski definition) is 4. The van der Waals surface area contributed by atoms with Crippen molar-refractivity contribution in [3.63, 3.8) is 0 Å². The van der Waals surface area contributed by atoms with Gasteiger partial charge in [0.05, 0.1) is 15.7 Å². The Morgan fingerprint density at radius 1 is 0.958 bits per heavy atom. The lowest BCUT2D eigenvalue weighted by Gasteiger charge is -2.30. The number of rotatable bonds is 2. The van der Waals surface area contributed by atoms with E-state index in [0.29, 0.717) is 5.56 Å². The minimum absolute atomic E-state index is 0.166. The van der Waals surface area contributed by atoms with Crippen molar-refractivity contribution in [1.29, 1.82) is 0 Å². The summed E-state index contributed by atoms with van der Waals surface area (Å²) >= 11 is 11.8. The van der Waals surface area contributed by atoms with Crippen LogP contribution < -0.4 is 4.90 Å². The number of hydrogen-bond donors (Lipinski definition) is 0. The van der Waals surface area contributed by atoms with Crippen molar-refractivity contribution in [2.75, 3.05) is 10.7 Å². The third-order valence-electron chi connectivity index (χ3n) is 3.64. The van der Waals surface area contributed by atoms with Gasteiger partial charge in [-0.05, 0) is 23.8 Å². The molecular weight excluding hydrogens is 373 g/mol. The molecule has 1 heterocycles. The second-order valence-corrected chi connectivity index (χ2v) is 8.16. The van der Waals surface area contributed by atoms with E-state index in [1.165, 1.54) is 18.2 Å². The Labute approximate surface area is 148 Å². The van der Waals surface area contributed by atoms with Crippen molar-refractivity contribution in [2.45, 2.75) is 5.25 Å². The number of amides is 2. The summed E-state index contributed by atoms with van der Waals surface area (Å²) in [5.74, 6) is -2.39. The topological polar surface area (TPSA) is 71.5 Å². The Balaban J connectivity index is 2.10. The monoisotopic (exact) mass is 383 g/mol. The van der Waals surface area contributed by atoms with Crippen LogP contribution >= 0.6 is 23.2 Å². The first-order valence-electron chi connectivity index (χ1n) is 6.89. The summed E-state index contributed by atoms with van der Waals surface area (Å²) in [6.45, 7) is 0. The molecule has 2 amide bonds. The maximum Gasteiger partial charge on any atom is 0.256 e. The van der Waals surface area contributed by atoms with Crippen molar-refractivity contribution in [3.05, 3.63) is 64.1 Å². The Kier molecular flexibility index (Phi) is 4.38. The average Bonchev–Trinajstić information content (AvgIpc) is 2.50. The van der Waals surface area contributed by atoms with Crippen molar-refractivity contribution in [2.24, 2.45) is 0 Å². The van der Waals surface area contributed by atoms with Crippen molar-refractivity contribution in [1.82, 2.24) is 0 Å². The van der Waals surface area contributed by atoms with Crippen LogP contribution in [0.25, 0.3) is 0 Å². The predicted molar refractivity (Wildman–Crippen MR) is 91.9 cm³/mol. The normalized spacial score (nSPS) is 20.2. The quantitative estimate of drug-likeness (QED) is 0.747. The molecule has 1 saturated heterocycles. The van der Waals surface area contributed by atoms with E-state index >= 15 is 0 Å². The molecule has 0 N–H and O–H groups in total. The van der Waals surface area contributed by atoms with Crippen molar-refractivity contribution in [3.8, 4) is 0 Å². The number of benzene rings is 2. The van der Waals surface area contributed by atoms with Gasteiger partial charge in [0.25, 0.3) is 5.91 Å². The molecule has 8 heteroatoms. The van der Waals surface area contributed by atoms with Crippen LogP contribution in [0, 0.1) is 0 Å². The van der Waals surface area contributed by atoms with Crippen LogP contribution in [-0.2, 0) is 19.4 Å². The van der Waals surface area contributed by atoms with Gasteiger partial charge in [0, 0.05) is 0 Å². The highest BCUT2D eigenvalue weighted by Crippen LogP contribution is 2.34. The smallest absolute Gasteiger partial charge is 0.256 e. The molecule has 24 heavy (non-hydrogen) atoms. The molecule has 2 aromatic carbocycles. The number of carbonyl (C=O) groups excluding carboxylic acids is 2. The molecule has 3 rings (SSSR count). The summed E-state index contributed by atoms with van der Waals surface area (Å²) in [6, 6.07) is 12.3. The summed E-state index contributed by atoms with van der Waals surface area (Å²) in [5, 5.41) is -0.991. The zero-order chi connectivity index (χ0) is 17.5. The molecule has 5 nitrogen and oxygen atoms in total. The summed E-state index contributed by atoms with van der Waals surface area (Å²) < 4.78 is 24.8. The lowest BCUT2D eigenvalue weighted by atomic mass is 10.1. The third kappa shape index (κ3) is 2.92. The van der Waals surface area contributed by atoms with Gasteiger partial charge in [-0.1, -0.05) is 53.5 Å². The molecule has 1 fully saturated rings. The van der Waals surface area contributed by atoms with Gasteiger partial charge < -0.3 is 0 Å². The van der Waals surface area contributed by atoms with E-state index in [9.17, 15) is 18.0 Å². The first-order chi connectivity index (χ1) is 11.3. The van der Waals surface area contributed by atoms with Gasteiger partial charge in [-0.2, -0.15) is 0 Å². The first kappa shape index (κ1) is 17.0. The fraction of sp³-hybridized carbons (Fsp3) is 0.125.